The van der Waals surface area contributed by atoms with Gasteiger partial charge in [-0.1, -0.05) is 42.3 Å². The number of hydrogen-bond acceptors (Lipinski definition) is 6. The van der Waals surface area contributed by atoms with Gasteiger partial charge in [-0.3, -0.25) is 4.90 Å². The number of piperidine rings is 3. The Balaban J connectivity index is 1.53. The second-order valence-electron chi connectivity index (χ2n) is 10.2. The number of rotatable bonds is 6. The smallest absolute Gasteiger partial charge is 0.129 e. The van der Waals surface area contributed by atoms with Gasteiger partial charge >= 0.3 is 0 Å². The molecule has 1 aromatic carbocycles. The van der Waals surface area contributed by atoms with E-state index in [0.29, 0.717) is 19.5 Å². The van der Waals surface area contributed by atoms with Crippen LogP contribution in [0.15, 0.2) is 42.5 Å². The van der Waals surface area contributed by atoms with Gasteiger partial charge in [0.1, 0.15) is 23.6 Å². The zero-order valence-electron chi connectivity index (χ0n) is 20.1. The molecule has 0 amide bonds. The van der Waals surface area contributed by atoms with E-state index in [0.717, 1.165) is 48.6 Å². The molecule has 1 aromatic heterocycles. The molecule has 2 aromatic rings. The van der Waals surface area contributed by atoms with Crippen LogP contribution in [0.2, 0.25) is 0 Å². The number of aliphatic hydroxyl groups excluding tert-OH is 1. The minimum Gasteiger partial charge on any atom is -0.388 e. The molecule has 2 N–H and O–H groups in total. The largest absolute Gasteiger partial charge is 0.388 e. The number of hydrogen-bond donors (Lipinski definition) is 2. The van der Waals surface area contributed by atoms with Crippen LogP contribution in [-0.2, 0) is 16.8 Å². The summed E-state index contributed by atoms with van der Waals surface area (Å²) in [4.78, 5) is 9.40. The van der Waals surface area contributed by atoms with Gasteiger partial charge in [-0.05, 0) is 57.3 Å². The van der Waals surface area contributed by atoms with E-state index >= 15 is 0 Å². The van der Waals surface area contributed by atoms with Gasteiger partial charge in [0.2, 0.25) is 0 Å². The third kappa shape index (κ3) is 4.12. The first-order valence-corrected chi connectivity index (χ1v) is 12.5. The topological polar surface area (TPSA) is 69.1 Å². The molecule has 0 saturated carbocycles. The monoisotopic (exact) mass is 461 g/mol. The normalized spacial score (nSPS) is 32.8. The Kier molecular flexibility index (Phi) is 6.39. The van der Waals surface area contributed by atoms with E-state index in [2.05, 4.69) is 27.9 Å². The zero-order chi connectivity index (χ0) is 23.9. The van der Waals surface area contributed by atoms with Crippen LogP contribution in [-0.4, -0.2) is 70.6 Å². The van der Waals surface area contributed by atoms with Crippen LogP contribution < -0.4 is 4.90 Å². The standard InChI is InChI=1S/C28H35N3O3/c1-4-26-28(33,21-12-14-30(26)15-13-21)22-10-11-27(29-23(22)16-20-8-6-5-7-9-20)31-17-24(32)25(18-31)34-19(2)3/h1,5-11,19,21,24-26,32-33H,12-18H2,2-3H3/t24-,25+,26?,28+/m0/s1. The molecule has 0 spiro atoms. The zero-order valence-corrected chi connectivity index (χ0v) is 20.1. The maximum Gasteiger partial charge on any atom is 0.129 e. The fourth-order valence-electron chi connectivity index (χ4n) is 6.08. The van der Waals surface area contributed by atoms with Crippen molar-refractivity contribution in [2.24, 2.45) is 5.92 Å². The van der Waals surface area contributed by atoms with Crippen molar-refractivity contribution in [3.05, 3.63) is 59.3 Å². The summed E-state index contributed by atoms with van der Waals surface area (Å²) in [5.74, 6) is 3.82. The average molecular weight is 462 g/mol. The number of anilines is 1. The molecule has 4 atom stereocenters. The van der Waals surface area contributed by atoms with Crippen LogP contribution in [0.4, 0.5) is 5.82 Å². The number of aliphatic hydroxyl groups is 2. The Morgan fingerprint density at radius 1 is 1.15 bits per heavy atom. The first-order chi connectivity index (χ1) is 16.4. The van der Waals surface area contributed by atoms with Gasteiger partial charge in [0.15, 0.2) is 0 Å². The van der Waals surface area contributed by atoms with Gasteiger partial charge in [-0.15, -0.1) is 6.42 Å². The summed E-state index contributed by atoms with van der Waals surface area (Å²) in [6.07, 6.45) is 7.72. The molecule has 6 rings (SSSR count). The molecule has 34 heavy (non-hydrogen) atoms. The van der Waals surface area contributed by atoms with Crippen LogP contribution in [0.25, 0.3) is 0 Å². The van der Waals surface area contributed by atoms with E-state index in [1.165, 1.54) is 0 Å². The van der Waals surface area contributed by atoms with Crippen molar-refractivity contribution in [1.29, 1.82) is 0 Å². The number of ether oxygens (including phenoxy) is 1. The lowest BCUT2D eigenvalue weighted by atomic mass is 9.66. The van der Waals surface area contributed by atoms with Crippen molar-refractivity contribution in [3.8, 4) is 12.3 Å². The van der Waals surface area contributed by atoms with E-state index < -0.39 is 11.7 Å². The number of β-amino-alcohol motifs (C(OH)–C–C–N with tert-alkyl or cyclic N) is 1. The number of pyridine rings is 1. The molecule has 4 saturated heterocycles. The molecule has 0 radical (unpaired) electrons. The van der Waals surface area contributed by atoms with Crippen LogP contribution in [0.1, 0.15) is 43.5 Å². The molecule has 4 aliphatic heterocycles. The highest BCUT2D eigenvalue weighted by atomic mass is 16.5. The SMILES string of the molecule is C#CC1N2CCC(CC2)[C@@]1(O)c1ccc(N2C[C@H](O)[C@H](OC(C)C)C2)nc1Cc1ccccc1. The minimum atomic E-state index is -1.12. The van der Waals surface area contributed by atoms with Crippen LogP contribution in [0, 0.1) is 18.3 Å². The predicted octanol–water partition coefficient (Wildman–Crippen LogP) is 2.56. The maximum absolute atomic E-state index is 12.2. The highest BCUT2D eigenvalue weighted by Crippen LogP contribution is 2.48. The third-order valence-electron chi connectivity index (χ3n) is 7.71. The lowest BCUT2D eigenvalue weighted by molar-refractivity contribution is -0.143. The van der Waals surface area contributed by atoms with E-state index in [1.807, 2.05) is 44.2 Å². The summed E-state index contributed by atoms with van der Waals surface area (Å²) in [5, 5.41) is 22.7. The quantitative estimate of drug-likeness (QED) is 0.645. The lowest BCUT2D eigenvalue weighted by Gasteiger charge is -2.54. The van der Waals surface area contributed by atoms with Crippen molar-refractivity contribution >= 4 is 5.82 Å². The van der Waals surface area contributed by atoms with Crippen molar-refractivity contribution in [2.75, 3.05) is 31.1 Å². The molecule has 5 heterocycles. The molecule has 6 heteroatoms. The van der Waals surface area contributed by atoms with Crippen molar-refractivity contribution < 1.29 is 14.9 Å². The van der Waals surface area contributed by atoms with E-state index in [1.54, 1.807) is 0 Å². The molecule has 4 fully saturated rings. The number of nitrogens with zero attached hydrogens (tertiary/aromatic N) is 3. The molecule has 180 valence electrons. The average Bonchev–Trinajstić information content (AvgIpc) is 3.20. The predicted molar refractivity (Wildman–Crippen MR) is 133 cm³/mol. The van der Waals surface area contributed by atoms with E-state index in [4.69, 9.17) is 16.1 Å². The number of terminal acetylenes is 1. The fourth-order valence-corrected chi connectivity index (χ4v) is 6.08. The van der Waals surface area contributed by atoms with Gasteiger partial charge < -0.3 is 19.8 Å². The second kappa shape index (κ2) is 9.31. The van der Waals surface area contributed by atoms with Gasteiger partial charge in [-0.2, -0.15) is 0 Å². The summed E-state index contributed by atoms with van der Waals surface area (Å²) in [6, 6.07) is 13.9. The van der Waals surface area contributed by atoms with Gasteiger partial charge in [0, 0.05) is 25.1 Å². The maximum atomic E-state index is 12.2. The molecule has 4 aliphatic rings. The molecule has 1 unspecified atom stereocenters. The van der Waals surface area contributed by atoms with Crippen molar-refractivity contribution in [1.82, 2.24) is 9.88 Å². The van der Waals surface area contributed by atoms with Gasteiger partial charge in [0.25, 0.3) is 0 Å². The Labute approximate surface area is 202 Å². The Morgan fingerprint density at radius 3 is 2.56 bits per heavy atom. The van der Waals surface area contributed by atoms with E-state index in [9.17, 15) is 10.2 Å². The molecule has 6 nitrogen and oxygen atoms in total. The minimum absolute atomic E-state index is 0.0512. The van der Waals surface area contributed by atoms with Crippen LogP contribution in [0.5, 0.6) is 0 Å². The Bertz CT molecular complexity index is 1040. The molecular weight excluding hydrogens is 426 g/mol. The summed E-state index contributed by atoms with van der Waals surface area (Å²) >= 11 is 0. The number of benzene rings is 1. The highest BCUT2D eigenvalue weighted by Gasteiger charge is 2.54. The Hall–Kier alpha value is -2.43. The summed E-state index contributed by atoms with van der Waals surface area (Å²) in [6.45, 7) is 6.90. The third-order valence-corrected chi connectivity index (χ3v) is 7.71. The number of aromatic nitrogens is 1. The van der Waals surface area contributed by atoms with Crippen molar-refractivity contribution in [2.45, 2.75) is 63.1 Å². The number of fused-ring (bicyclic) bond motifs is 3. The van der Waals surface area contributed by atoms with Crippen LogP contribution >= 0.6 is 0 Å². The Morgan fingerprint density at radius 2 is 1.88 bits per heavy atom. The highest BCUT2D eigenvalue weighted by molar-refractivity contribution is 5.48. The second-order valence-corrected chi connectivity index (χ2v) is 10.2. The summed E-state index contributed by atoms with van der Waals surface area (Å²) in [5.41, 5.74) is 1.71. The van der Waals surface area contributed by atoms with Gasteiger partial charge in [0.05, 0.1) is 17.9 Å². The summed E-state index contributed by atoms with van der Waals surface area (Å²) < 4.78 is 5.91. The van der Waals surface area contributed by atoms with Gasteiger partial charge in [-0.25, -0.2) is 4.98 Å². The molecule has 2 bridgehead atoms. The molecule has 0 aliphatic carbocycles. The summed E-state index contributed by atoms with van der Waals surface area (Å²) in [7, 11) is 0. The van der Waals surface area contributed by atoms with E-state index in [-0.39, 0.29) is 24.2 Å². The van der Waals surface area contributed by atoms with Crippen molar-refractivity contribution in [3.63, 3.8) is 0 Å². The van der Waals surface area contributed by atoms with Crippen LogP contribution in [0.3, 0.4) is 0 Å². The first kappa shape index (κ1) is 23.3. The fraction of sp³-hybridized carbons (Fsp3) is 0.536. The molecular formula is C28H35N3O3. The lowest BCUT2D eigenvalue weighted by Crippen LogP contribution is -2.63. The first-order valence-electron chi connectivity index (χ1n) is 12.5.